The summed E-state index contributed by atoms with van der Waals surface area (Å²) in [5, 5.41) is 17.3. The highest BCUT2D eigenvalue weighted by molar-refractivity contribution is 5.95. The first-order valence-electron chi connectivity index (χ1n) is 8.61. The lowest BCUT2D eigenvalue weighted by Gasteiger charge is -2.29. The van der Waals surface area contributed by atoms with Crippen LogP contribution in [0.1, 0.15) is 33.1 Å². The van der Waals surface area contributed by atoms with Crippen molar-refractivity contribution >= 4 is 35.8 Å². The maximum absolute atomic E-state index is 12.4. The number of carboxylic acids is 2. The van der Waals surface area contributed by atoms with E-state index in [9.17, 15) is 28.8 Å². The van der Waals surface area contributed by atoms with Gasteiger partial charge in [0.1, 0.15) is 18.5 Å². The van der Waals surface area contributed by atoms with Gasteiger partial charge in [-0.3, -0.25) is 24.0 Å². The third kappa shape index (κ3) is 9.04. The van der Waals surface area contributed by atoms with Crippen LogP contribution < -0.4 is 11.5 Å². The lowest BCUT2D eigenvalue weighted by molar-refractivity contribution is -0.248. The highest BCUT2D eigenvalue weighted by atomic mass is 16.7. The Bertz CT molecular complexity index is 671. The van der Waals surface area contributed by atoms with E-state index in [1.165, 1.54) is 13.8 Å². The molecule has 0 amide bonds. The average Bonchev–Trinajstić information content (AvgIpc) is 2.61. The smallest absolute Gasteiger partial charge is 0.375 e. The molecule has 0 bridgehead atoms. The summed E-state index contributed by atoms with van der Waals surface area (Å²) in [4.78, 5) is 69.1. The molecule has 0 aliphatic rings. The zero-order chi connectivity index (χ0) is 23.5. The monoisotopic (exact) mass is 436 g/mol. The van der Waals surface area contributed by atoms with E-state index in [4.69, 9.17) is 31.2 Å². The fourth-order valence-corrected chi connectivity index (χ4v) is 1.95. The molecular formula is C16H24N2O12. The number of ether oxygens (including phenoxy) is 4. The molecule has 0 aliphatic heterocycles. The predicted octanol–water partition coefficient (Wildman–Crippen LogP) is -2.11. The van der Waals surface area contributed by atoms with E-state index in [2.05, 4.69) is 9.47 Å². The van der Waals surface area contributed by atoms with Crippen molar-refractivity contribution in [3.8, 4) is 0 Å². The normalized spacial score (nSPS) is 13.1. The largest absolute Gasteiger partial charge is 0.480 e. The van der Waals surface area contributed by atoms with Gasteiger partial charge in [-0.05, 0) is 13.8 Å². The summed E-state index contributed by atoms with van der Waals surface area (Å²) >= 11 is 0. The summed E-state index contributed by atoms with van der Waals surface area (Å²) < 4.78 is 19.1. The molecule has 2 atom stereocenters. The molecule has 6 N–H and O–H groups in total. The molecule has 0 fully saturated rings. The fourth-order valence-electron chi connectivity index (χ4n) is 1.95. The van der Waals surface area contributed by atoms with Gasteiger partial charge in [0.2, 0.25) is 0 Å². The molecule has 0 aromatic carbocycles. The van der Waals surface area contributed by atoms with Gasteiger partial charge >= 0.3 is 35.8 Å². The Morgan fingerprint density at radius 2 is 1.17 bits per heavy atom. The third-order valence-corrected chi connectivity index (χ3v) is 3.28. The van der Waals surface area contributed by atoms with Crippen molar-refractivity contribution in [3.63, 3.8) is 0 Å². The summed E-state index contributed by atoms with van der Waals surface area (Å²) in [5.74, 6) is -11.0. The molecule has 0 aromatic heterocycles. The molecule has 0 spiro atoms. The highest BCUT2D eigenvalue weighted by Gasteiger charge is 2.47. The van der Waals surface area contributed by atoms with E-state index >= 15 is 0 Å². The number of nitrogens with two attached hydrogens (primary N) is 2. The summed E-state index contributed by atoms with van der Waals surface area (Å²) in [7, 11) is 0. The number of carboxylic acid groups (broad SMARTS) is 2. The Morgan fingerprint density at radius 1 is 0.767 bits per heavy atom. The van der Waals surface area contributed by atoms with Crippen LogP contribution in [0.2, 0.25) is 0 Å². The van der Waals surface area contributed by atoms with Crippen LogP contribution in [0, 0.1) is 0 Å². The van der Waals surface area contributed by atoms with Crippen LogP contribution in [0.25, 0.3) is 0 Å². The lowest BCUT2D eigenvalue weighted by Crippen LogP contribution is -2.49. The van der Waals surface area contributed by atoms with Gasteiger partial charge in [0, 0.05) is 13.2 Å². The summed E-state index contributed by atoms with van der Waals surface area (Å²) in [6.45, 7) is 2.43. The van der Waals surface area contributed by atoms with Crippen LogP contribution in [-0.4, -0.2) is 77.1 Å². The SMILES string of the molecule is CCOC(CC(=O)OC(=O)C[C@H](N)C(=O)O)(OCC)C(=O)OC(=O)C[C@H](N)C(=O)O. The zero-order valence-corrected chi connectivity index (χ0v) is 16.3. The van der Waals surface area contributed by atoms with E-state index in [0.717, 1.165) is 0 Å². The lowest BCUT2D eigenvalue weighted by atomic mass is 10.1. The minimum absolute atomic E-state index is 0.205. The molecule has 0 saturated heterocycles. The van der Waals surface area contributed by atoms with E-state index < -0.39 is 72.9 Å². The van der Waals surface area contributed by atoms with Crippen molar-refractivity contribution in [1.82, 2.24) is 0 Å². The summed E-state index contributed by atoms with van der Waals surface area (Å²) in [6.07, 6.45) is -2.72. The first-order chi connectivity index (χ1) is 13.9. The second-order valence-corrected chi connectivity index (χ2v) is 5.70. The summed E-state index contributed by atoms with van der Waals surface area (Å²) in [5.41, 5.74) is 10.3. The topological polar surface area (TPSA) is 232 Å². The van der Waals surface area contributed by atoms with E-state index in [0.29, 0.717) is 0 Å². The molecule has 0 aromatic rings. The Morgan fingerprint density at radius 3 is 1.53 bits per heavy atom. The van der Waals surface area contributed by atoms with Crippen molar-refractivity contribution in [2.45, 2.75) is 51.0 Å². The van der Waals surface area contributed by atoms with Crippen LogP contribution in [0.3, 0.4) is 0 Å². The molecule has 14 heteroatoms. The second kappa shape index (κ2) is 12.6. The van der Waals surface area contributed by atoms with Crippen LogP contribution in [-0.2, 0) is 47.7 Å². The number of hydrogen-bond donors (Lipinski definition) is 4. The quantitative estimate of drug-likeness (QED) is 0.137. The highest BCUT2D eigenvalue weighted by Crippen LogP contribution is 2.22. The van der Waals surface area contributed by atoms with Crippen molar-refractivity contribution in [2.75, 3.05) is 13.2 Å². The van der Waals surface area contributed by atoms with Crippen LogP contribution in [0.15, 0.2) is 0 Å². The Kier molecular flexibility index (Phi) is 11.4. The second-order valence-electron chi connectivity index (χ2n) is 5.70. The van der Waals surface area contributed by atoms with Gasteiger partial charge in [0.05, 0.1) is 12.8 Å². The van der Waals surface area contributed by atoms with Crippen LogP contribution >= 0.6 is 0 Å². The van der Waals surface area contributed by atoms with Crippen LogP contribution in [0.5, 0.6) is 0 Å². The van der Waals surface area contributed by atoms with Gasteiger partial charge in [0.25, 0.3) is 5.79 Å². The zero-order valence-electron chi connectivity index (χ0n) is 16.3. The minimum Gasteiger partial charge on any atom is -0.480 e. The van der Waals surface area contributed by atoms with Gasteiger partial charge in [-0.15, -0.1) is 0 Å². The first kappa shape index (κ1) is 27.1. The summed E-state index contributed by atoms with van der Waals surface area (Å²) in [6, 6.07) is -3.25. The number of carbonyl (C=O) groups is 6. The van der Waals surface area contributed by atoms with Gasteiger partial charge in [-0.2, -0.15) is 0 Å². The van der Waals surface area contributed by atoms with Crippen molar-refractivity contribution in [1.29, 1.82) is 0 Å². The number of carbonyl (C=O) groups excluding carboxylic acids is 4. The standard InChI is InChI=1S/C16H24N2O12/c1-3-27-16(28-4-2,15(26)30-11(20)6-9(18)14(24)25)7-12(21)29-10(19)5-8(17)13(22)23/h8-9H,3-7,17-18H2,1-2H3,(H,22,23)(H,24,25)/t8-,9-/m0/s1. The number of rotatable bonds is 13. The molecule has 14 nitrogen and oxygen atoms in total. The molecule has 0 saturated carbocycles. The van der Waals surface area contributed by atoms with Crippen molar-refractivity contribution in [2.24, 2.45) is 11.5 Å². The Hall–Kier alpha value is -2.94. The number of esters is 4. The molecule has 0 radical (unpaired) electrons. The van der Waals surface area contributed by atoms with Crippen LogP contribution in [0.4, 0.5) is 0 Å². The Labute approximate surface area is 170 Å². The molecule has 0 heterocycles. The average molecular weight is 436 g/mol. The third-order valence-electron chi connectivity index (χ3n) is 3.28. The Balaban J connectivity index is 5.31. The first-order valence-corrected chi connectivity index (χ1v) is 8.61. The molecular weight excluding hydrogens is 412 g/mol. The van der Waals surface area contributed by atoms with Gasteiger partial charge < -0.3 is 40.6 Å². The van der Waals surface area contributed by atoms with Gasteiger partial charge in [0.15, 0.2) is 0 Å². The predicted molar refractivity (Wildman–Crippen MR) is 93.3 cm³/mol. The number of hydrogen-bond acceptors (Lipinski definition) is 12. The maximum atomic E-state index is 12.4. The van der Waals surface area contributed by atoms with E-state index in [1.54, 1.807) is 0 Å². The van der Waals surface area contributed by atoms with Crippen molar-refractivity contribution in [3.05, 3.63) is 0 Å². The van der Waals surface area contributed by atoms with Crippen molar-refractivity contribution < 1.29 is 57.9 Å². The maximum Gasteiger partial charge on any atom is 0.375 e. The number of aliphatic carboxylic acids is 2. The molecule has 0 unspecified atom stereocenters. The molecule has 30 heavy (non-hydrogen) atoms. The van der Waals surface area contributed by atoms with Gasteiger partial charge in [-0.1, -0.05) is 0 Å². The molecule has 0 aliphatic carbocycles. The van der Waals surface area contributed by atoms with Gasteiger partial charge in [-0.25, -0.2) is 4.79 Å². The van der Waals surface area contributed by atoms with E-state index in [1.807, 2.05) is 0 Å². The van der Waals surface area contributed by atoms with E-state index in [-0.39, 0.29) is 13.2 Å². The fraction of sp³-hybridized carbons (Fsp3) is 0.625. The minimum atomic E-state index is -2.49. The molecule has 0 rings (SSSR count). The molecule has 170 valence electrons.